The lowest BCUT2D eigenvalue weighted by Crippen LogP contribution is -2.38. The first-order valence-electron chi connectivity index (χ1n) is 15.6. The number of hydrogen-bond donors (Lipinski definition) is 0. The van der Waals surface area contributed by atoms with Gasteiger partial charge >= 0.3 is 0 Å². The van der Waals surface area contributed by atoms with Crippen LogP contribution in [0.15, 0.2) is 0 Å². The highest BCUT2D eigenvalue weighted by Crippen LogP contribution is 2.56. The summed E-state index contributed by atoms with van der Waals surface area (Å²) >= 11 is 0. The van der Waals surface area contributed by atoms with Crippen molar-refractivity contribution in [2.24, 2.45) is 46.3 Å². The van der Waals surface area contributed by atoms with Gasteiger partial charge < -0.3 is 0 Å². The van der Waals surface area contributed by atoms with E-state index in [1.54, 1.807) is 89.9 Å². The van der Waals surface area contributed by atoms with Crippen LogP contribution in [0.5, 0.6) is 0 Å². The molecule has 0 nitrogen and oxygen atoms in total. The molecule has 0 N–H and O–H groups in total. The first kappa shape index (κ1) is 23.7. The fraction of sp³-hybridized carbons (Fsp3) is 1.00. The molecule has 0 heterocycles. The molecule has 0 aromatic carbocycles. The molecule has 6 fully saturated rings. The van der Waals surface area contributed by atoms with Crippen molar-refractivity contribution in [2.75, 3.05) is 0 Å². The van der Waals surface area contributed by atoms with Gasteiger partial charge in [-0.15, -0.1) is 0 Å². The summed E-state index contributed by atoms with van der Waals surface area (Å²) in [6, 6.07) is 0. The average Bonchev–Trinajstić information content (AvgIpc) is 3.49. The monoisotopic (exact) mass is 440 g/mol. The van der Waals surface area contributed by atoms with Gasteiger partial charge in [0.1, 0.15) is 0 Å². The Balaban J connectivity index is 0.000000135. The van der Waals surface area contributed by atoms with Crippen LogP contribution in [0.1, 0.15) is 155 Å². The van der Waals surface area contributed by atoms with Crippen molar-refractivity contribution in [1.82, 2.24) is 0 Å². The molecule has 0 aliphatic heterocycles. The third kappa shape index (κ3) is 5.00. The lowest BCUT2D eigenvalue weighted by atomic mass is 9.57. The molecule has 0 heteroatoms. The van der Waals surface area contributed by atoms with Crippen LogP contribution >= 0.6 is 0 Å². The van der Waals surface area contributed by atoms with Gasteiger partial charge in [0, 0.05) is 0 Å². The number of rotatable bonds is 2. The van der Waals surface area contributed by atoms with E-state index in [2.05, 4.69) is 13.8 Å². The highest BCUT2D eigenvalue weighted by Gasteiger charge is 2.45. The summed E-state index contributed by atoms with van der Waals surface area (Å²) in [5.41, 5.74) is 1.48. The van der Waals surface area contributed by atoms with Gasteiger partial charge in [0.25, 0.3) is 0 Å². The molecule has 6 aliphatic rings. The Morgan fingerprint density at radius 1 is 0.438 bits per heavy atom. The van der Waals surface area contributed by atoms with Crippen molar-refractivity contribution in [2.45, 2.75) is 155 Å². The Kier molecular flexibility index (Phi) is 7.65. The third-order valence-corrected chi connectivity index (χ3v) is 12.5. The Labute approximate surface area is 201 Å². The van der Waals surface area contributed by atoms with Crippen LogP contribution in [0, 0.1) is 46.3 Å². The molecule has 6 atom stereocenters. The van der Waals surface area contributed by atoms with Crippen LogP contribution < -0.4 is 0 Å². The normalized spacial score (nSPS) is 42.9. The van der Waals surface area contributed by atoms with Crippen LogP contribution in [0.4, 0.5) is 0 Å². The van der Waals surface area contributed by atoms with Gasteiger partial charge in [-0.3, -0.25) is 0 Å². The second-order valence-electron chi connectivity index (χ2n) is 14.3. The molecule has 6 aliphatic carbocycles. The van der Waals surface area contributed by atoms with Crippen LogP contribution in [-0.2, 0) is 0 Å². The number of fused-ring (bicyclic) bond motifs is 2. The smallest absolute Gasteiger partial charge is 0.0295 e. The molecule has 0 radical (unpaired) electrons. The van der Waals surface area contributed by atoms with Crippen molar-refractivity contribution in [3.05, 3.63) is 0 Å². The van der Waals surface area contributed by atoms with Crippen molar-refractivity contribution < 1.29 is 0 Å². The summed E-state index contributed by atoms with van der Waals surface area (Å²) in [6.45, 7) is 5.25. The second kappa shape index (κ2) is 10.3. The highest BCUT2D eigenvalue weighted by atomic mass is 14.5. The SMILES string of the molecule is CC1(C2CCC3CCCC3C2)CCCCC1.CC1(C2CCCC3CCCC32)CCCCC1. The molecule has 0 bridgehead atoms. The largest absolute Gasteiger partial charge is 0.0594 e. The Bertz CT molecular complexity index is 577. The summed E-state index contributed by atoms with van der Waals surface area (Å²) in [5.74, 6) is 6.75. The maximum absolute atomic E-state index is 2.64. The van der Waals surface area contributed by atoms with Crippen molar-refractivity contribution in [3.8, 4) is 0 Å². The van der Waals surface area contributed by atoms with E-state index in [-0.39, 0.29) is 0 Å². The standard InChI is InChI=1S/2C16H28/c1-16(11-3-2-4-12-16)15-10-6-8-13-7-5-9-14(13)15;1-16(10-3-2-4-11-16)15-9-8-13-6-5-7-14(13)12-15/h2*13-15H,2-12H2,1H3. The molecule has 6 unspecified atom stereocenters. The summed E-state index contributed by atoms with van der Waals surface area (Å²) in [6.07, 6.45) is 34.0. The first-order chi connectivity index (χ1) is 15.6. The molecule has 0 amide bonds. The van der Waals surface area contributed by atoms with E-state index in [1.165, 1.54) is 51.4 Å². The Morgan fingerprint density at radius 3 is 1.72 bits per heavy atom. The van der Waals surface area contributed by atoms with E-state index in [4.69, 9.17) is 0 Å². The molecule has 0 spiro atoms. The van der Waals surface area contributed by atoms with Gasteiger partial charge in [-0.25, -0.2) is 0 Å². The Hall–Kier alpha value is 0. The minimum Gasteiger partial charge on any atom is -0.0594 e. The molecule has 0 saturated heterocycles. The zero-order chi connectivity index (χ0) is 22.0. The van der Waals surface area contributed by atoms with Gasteiger partial charge in [-0.1, -0.05) is 97.3 Å². The van der Waals surface area contributed by atoms with Crippen LogP contribution in [0.3, 0.4) is 0 Å². The maximum Gasteiger partial charge on any atom is -0.0295 e. The molecular weight excluding hydrogens is 384 g/mol. The maximum atomic E-state index is 2.64. The van der Waals surface area contributed by atoms with Gasteiger partial charge in [0.2, 0.25) is 0 Å². The topological polar surface area (TPSA) is 0 Å². The van der Waals surface area contributed by atoms with Crippen molar-refractivity contribution in [1.29, 1.82) is 0 Å². The molecule has 0 aromatic heterocycles. The fourth-order valence-corrected chi connectivity index (χ4v) is 10.5. The summed E-state index contributed by atoms with van der Waals surface area (Å²) in [5, 5.41) is 0. The minimum atomic E-state index is 0.742. The summed E-state index contributed by atoms with van der Waals surface area (Å²) in [7, 11) is 0. The highest BCUT2D eigenvalue weighted by molar-refractivity contribution is 4.96. The predicted molar refractivity (Wildman–Crippen MR) is 139 cm³/mol. The molecule has 6 rings (SSSR count). The van der Waals surface area contributed by atoms with E-state index in [0.29, 0.717) is 0 Å². The summed E-state index contributed by atoms with van der Waals surface area (Å²) in [4.78, 5) is 0. The molecule has 32 heavy (non-hydrogen) atoms. The zero-order valence-corrected chi connectivity index (χ0v) is 22.0. The van der Waals surface area contributed by atoms with Gasteiger partial charge in [-0.05, 0) is 104 Å². The van der Waals surface area contributed by atoms with Crippen molar-refractivity contribution in [3.63, 3.8) is 0 Å². The van der Waals surface area contributed by atoms with E-state index in [9.17, 15) is 0 Å². The lowest BCUT2D eigenvalue weighted by Gasteiger charge is -2.48. The van der Waals surface area contributed by atoms with Crippen molar-refractivity contribution >= 4 is 0 Å². The Morgan fingerprint density at radius 2 is 1.00 bits per heavy atom. The predicted octanol–water partition coefficient (Wildman–Crippen LogP) is 10.3. The van der Waals surface area contributed by atoms with Crippen LogP contribution in [0.25, 0.3) is 0 Å². The summed E-state index contributed by atoms with van der Waals surface area (Å²) < 4.78 is 0. The molecule has 184 valence electrons. The molecule has 0 aromatic rings. The van der Waals surface area contributed by atoms with E-state index in [1.807, 2.05) is 0 Å². The van der Waals surface area contributed by atoms with Crippen LogP contribution in [0.2, 0.25) is 0 Å². The lowest BCUT2D eigenvalue weighted by molar-refractivity contribution is 0.0237. The number of hydrogen-bond acceptors (Lipinski definition) is 0. The zero-order valence-electron chi connectivity index (χ0n) is 22.0. The van der Waals surface area contributed by atoms with Gasteiger partial charge in [-0.2, -0.15) is 0 Å². The van der Waals surface area contributed by atoms with Gasteiger partial charge in [0.15, 0.2) is 0 Å². The molecular formula is C32H56. The van der Waals surface area contributed by atoms with E-state index < -0.39 is 0 Å². The quantitative estimate of drug-likeness (QED) is 0.400. The minimum absolute atomic E-state index is 0.742. The third-order valence-electron chi connectivity index (χ3n) is 12.5. The van der Waals surface area contributed by atoms with E-state index >= 15 is 0 Å². The van der Waals surface area contributed by atoms with Gasteiger partial charge in [0.05, 0.1) is 0 Å². The average molecular weight is 441 g/mol. The van der Waals surface area contributed by atoms with Crippen LogP contribution in [-0.4, -0.2) is 0 Å². The fourth-order valence-electron chi connectivity index (χ4n) is 10.5. The first-order valence-corrected chi connectivity index (χ1v) is 15.6. The molecule has 6 saturated carbocycles. The van der Waals surface area contributed by atoms with E-state index in [0.717, 1.165) is 46.3 Å². The second-order valence-corrected chi connectivity index (χ2v) is 14.3.